The summed E-state index contributed by atoms with van der Waals surface area (Å²) in [6.45, 7) is 1.06. The average Bonchev–Trinajstić information content (AvgIpc) is 3.11. The summed E-state index contributed by atoms with van der Waals surface area (Å²) in [7, 11) is 0. The van der Waals surface area contributed by atoms with Crippen molar-refractivity contribution in [3.8, 4) is 0 Å². The molecule has 2 heterocycles. The van der Waals surface area contributed by atoms with Gasteiger partial charge in [0.05, 0.1) is 11.6 Å². The van der Waals surface area contributed by atoms with Gasteiger partial charge in [-0.1, -0.05) is 30.3 Å². The Bertz CT molecular complexity index is 625. The molecule has 1 aliphatic heterocycles. The topological polar surface area (TPSA) is 49.4 Å². The van der Waals surface area contributed by atoms with Crippen LogP contribution in [0.5, 0.6) is 0 Å². The van der Waals surface area contributed by atoms with Crippen molar-refractivity contribution in [2.45, 2.75) is 13.0 Å². The van der Waals surface area contributed by atoms with Gasteiger partial charge in [-0.25, -0.2) is 0 Å². The van der Waals surface area contributed by atoms with Gasteiger partial charge in [0.15, 0.2) is 0 Å². The third kappa shape index (κ3) is 3.31. The number of anilines is 1. The zero-order valence-corrected chi connectivity index (χ0v) is 12.3. The van der Waals surface area contributed by atoms with Crippen LogP contribution in [0, 0.1) is 5.92 Å². The monoisotopic (exact) mass is 300 g/mol. The van der Waals surface area contributed by atoms with Gasteiger partial charge < -0.3 is 10.2 Å². The van der Waals surface area contributed by atoms with Gasteiger partial charge in [-0.2, -0.15) is 11.3 Å². The normalized spacial score (nSPS) is 18.0. The first-order valence-corrected chi connectivity index (χ1v) is 7.81. The molecule has 1 fully saturated rings. The van der Waals surface area contributed by atoms with E-state index in [9.17, 15) is 9.59 Å². The summed E-state index contributed by atoms with van der Waals surface area (Å²) >= 11 is 1.53. The minimum Gasteiger partial charge on any atom is -0.338 e. The summed E-state index contributed by atoms with van der Waals surface area (Å²) in [6.07, 6.45) is 0.294. The maximum absolute atomic E-state index is 12.2. The Hall–Kier alpha value is -2.14. The number of nitrogens with one attached hydrogen (secondary N) is 1. The number of likely N-dealkylation sites (tertiary alicyclic amines) is 1. The minimum absolute atomic E-state index is 0.0457. The molecule has 0 aliphatic carbocycles. The zero-order valence-electron chi connectivity index (χ0n) is 11.5. The number of thiophene rings is 1. The zero-order chi connectivity index (χ0) is 14.7. The summed E-state index contributed by atoms with van der Waals surface area (Å²) < 4.78 is 0. The molecule has 2 aromatic rings. The highest BCUT2D eigenvalue weighted by Crippen LogP contribution is 2.22. The highest BCUT2D eigenvalue weighted by molar-refractivity contribution is 7.08. The van der Waals surface area contributed by atoms with Crippen LogP contribution >= 0.6 is 11.3 Å². The molecule has 0 saturated carbocycles. The van der Waals surface area contributed by atoms with E-state index in [1.54, 1.807) is 4.90 Å². The lowest BCUT2D eigenvalue weighted by atomic mass is 10.1. The maximum Gasteiger partial charge on any atom is 0.229 e. The summed E-state index contributed by atoms with van der Waals surface area (Å²) in [4.78, 5) is 26.0. The van der Waals surface area contributed by atoms with E-state index in [0.717, 1.165) is 11.3 Å². The van der Waals surface area contributed by atoms with Crippen LogP contribution in [0.3, 0.4) is 0 Å². The number of rotatable bonds is 4. The Morgan fingerprint density at radius 3 is 2.81 bits per heavy atom. The Kier molecular flexibility index (Phi) is 4.01. The number of nitrogens with zero attached hydrogens (tertiary/aromatic N) is 1. The fourth-order valence-corrected chi connectivity index (χ4v) is 3.07. The molecule has 108 valence electrons. The maximum atomic E-state index is 12.2. The average molecular weight is 300 g/mol. The van der Waals surface area contributed by atoms with Gasteiger partial charge in [0.25, 0.3) is 0 Å². The molecule has 0 spiro atoms. The van der Waals surface area contributed by atoms with E-state index in [1.807, 2.05) is 47.2 Å². The third-order valence-electron chi connectivity index (χ3n) is 3.59. The number of carbonyl (C=O) groups is 2. The van der Waals surface area contributed by atoms with Crippen LogP contribution in [0.4, 0.5) is 5.69 Å². The van der Waals surface area contributed by atoms with Gasteiger partial charge in [0, 0.05) is 24.9 Å². The van der Waals surface area contributed by atoms with Crippen LogP contribution in [-0.2, 0) is 16.1 Å². The molecule has 3 rings (SSSR count). The predicted octanol–water partition coefficient (Wildman–Crippen LogP) is 2.74. The van der Waals surface area contributed by atoms with E-state index >= 15 is 0 Å². The van der Waals surface area contributed by atoms with Crippen molar-refractivity contribution in [2.75, 3.05) is 11.9 Å². The third-order valence-corrected chi connectivity index (χ3v) is 4.27. The molecule has 5 heteroatoms. The largest absolute Gasteiger partial charge is 0.338 e. The molecule has 0 radical (unpaired) electrons. The summed E-state index contributed by atoms with van der Waals surface area (Å²) in [6, 6.07) is 11.7. The smallest absolute Gasteiger partial charge is 0.229 e. The molecule has 1 saturated heterocycles. The van der Waals surface area contributed by atoms with E-state index < -0.39 is 0 Å². The fourth-order valence-electron chi connectivity index (χ4n) is 2.48. The van der Waals surface area contributed by atoms with Crippen molar-refractivity contribution >= 4 is 28.8 Å². The first-order valence-electron chi connectivity index (χ1n) is 6.87. The van der Waals surface area contributed by atoms with Crippen molar-refractivity contribution in [1.82, 2.24) is 4.90 Å². The van der Waals surface area contributed by atoms with E-state index in [0.29, 0.717) is 19.5 Å². The Morgan fingerprint density at radius 1 is 1.29 bits per heavy atom. The van der Waals surface area contributed by atoms with Gasteiger partial charge in [0.2, 0.25) is 11.8 Å². The molecule has 1 unspecified atom stereocenters. The molecule has 4 nitrogen and oxygen atoms in total. The van der Waals surface area contributed by atoms with Crippen LogP contribution in [0.1, 0.15) is 12.0 Å². The van der Waals surface area contributed by atoms with E-state index in [2.05, 4.69) is 5.32 Å². The van der Waals surface area contributed by atoms with Crippen LogP contribution < -0.4 is 5.32 Å². The van der Waals surface area contributed by atoms with Crippen LogP contribution in [0.2, 0.25) is 0 Å². The number of hydrogen-bond donors (Lipinski definition) is 1. The molecule has 2 amide bonds. The first kappa shape index (κ1) is 13.8. The number of carbonyl (C=O) groups excluding carboxylic acids is 2. The molecule has 1 aromatic carbocycles. The molecule has 1 aromatic heterocycles. The molecular formula is C16H16N2O2S. The van der Waals surface area contributed by atoms with Crippen molar-refractivity contribution in [1.29, 1.82) is 0 Å². The van der Waals surface area contributed by atoms with Crippen LogP contribution in [0.15, 0.2) is 47.2 Å². The van der Waals surface area contributed by atoms with Gasteiger partial charge in [-0.3, -0.25) is 9.59 Å². The SMILES string of the molecule is O=C(Nc1ccsc1)C1CC(=O)N(Cc2ccccc2)C1. The lowest BCUT2D eigenvalue weighted by Crippen LogP contribution is -2.27. The first-order chi connectivity index (χ1) is 10.2. The number of benzene rings is 1. The second-order valence-electron chi connectivity index (χ2n) is 5.16. The number of hydrogen-bond acceptors (Lipinski definition) is 3. The minimum atomic E-state index is -0.263. The molecule has 1 atom stereocenters. The van der Waals surface area contributed by atoms with Gasteiger partial charge in [-0.15, -0.1) is 0 Å². The lowest BCUT2D eigenvalue weighted by molar-refractivity contribution is -0.128. The summed E-state index contributed by atoms with van der Waals surface area (Å²) in [5.41, 5.74) is 1.89. The van der Waals surface area contributed by atoms with E-state index in [4.69, 9.17) is 0 Å². The second-order valence-corrected chi connectivity index (χ2v) is 5.94. The van der Waals surface area contributed by atoms with E-state index in [1.165, 1.54) is 11.3 Å². The summed E-state index contributed by atoms with van der Waals surface area (Å²) in [5, 5.41) is 6.66. The van der Waals surface area contributed by atoms with Gasteiger partial charge >= 0.3 is 0 Å². The van der Waals surface area contributed by atoms with Crippen molar-refractivity contribution in [3.05, 3.63) is 52.7 Å². The van der Waals surface area contributed by atoms with Gasteiger partial charge in [-0.05, 0) is 17.0 Å². The quantitative estimate of drug-likeness (QED) is 0.944. The molecular weight excluding hydrogens is 284 g/mol. The van der Waals surface area contributed by atoms with Crippen LogP contribution in [-0.4, -0.2) is 23.3 Å². The molecule has 0 bridgehead atoms. The second kappa shape index (κ2) is 6.10. The highest BCUT2D eigenvalue weighted by Gasteiger charge is 2.34. The standard InChI is InChI=1S/C16H16N2O2S/c19-15-8-13(16(20)17-14-6-7-21-11-14)10-18(15)9-12-4-2-1-3-5-12/h1-7,11,13H,8-10H2,(H,17,20). The van der Waals surface area contributed by atoms with Crippen molar-refractivity contribution in [3.63, 3.8) is 0 Å². The molecule has 1 aliphatic rings. The Balaban J connectivity index is 1.60. The Labute approximate surface area is 127 Å². The number of amides is 2. The van der Waals surface area contributed by atoms with Crippen molar-refractivity contribution < 1.29 is 9.59 Å². The predicted molar refractivity (Wildman–Crippen MR) is 82.9 cm³/mol. The lowest BCUT2D eigenvalue weighted by Gasteiger charge is -2.16. The Morgan fingerprint density at radius 2 is 2.10 bits per heavy atom. The van der Waals surface area contributed by atoms with Crippen molar-refractivity contribution in [2.24, 2.45) is 5.92 Å². The highest BCUT2D eigenvalue weighted by atomic mass is 32.1. The molecule has 21 heavy (non-hydrogen) atoms. The fraction of sp³-hybridized carbons (Fsp3) is 0.250. The van der Waals surface area contributed by atoms with Gasteiger partial charge in [0.1, 0.15) is 0 Å². The van der Waals surface area contributed by atoms with E-state index in [-0.39, 0.29) is 17.7 Å². The summed E-state index contributed by atoms with van der Waals surface area (Å²) in [5.74, 6) is -0.289. The van der Waals surface area contributed by atoms with Crippen LogP contribution in [0.25, 0.3) is 0 Å². The molecule has 1 N–H and O–H groups in total.